The van der Waals surface area contributed by atoms with Gasteiger partial charge < -0.3 is 45.1 Å². The molecule has 14 nitrogen and oxygen atoms in total. The van der Waals surface area contributed by atoms with Gasteiger partial charge in [-0.2, -0.15) is 0 Å². The second-order valence-corrected chi connectivity index (χ2v) is 15.5. The number of nitrogens with one attached hydrogen (secondary N) is 4. The minimum absolute atomic E-state index is 0. The number of amides is 3. The average molecular weight is 869 g/mol. The Balaban J connectivity index is 0.00000726. The number of nitrogens with zero attached hydrogens (tertiary/aromatic N) is 2. The summed E-state index contributed by atoms with van der Waals surface area (Å²) < 4.78 is 11.3. The number of pyridine rings is 1. The number of H-pyrrole nitrogens is 1. The number of halogens is 1. The molecule has 1 atom stereocenters. The van der Waals surface area contributed by atoms with E-state index in [9.17, 15) is 29.4 Å². The van der Waals surface area contributed by atoms with Crippen molar-refractivity contribution >= 4 is 51.8 Å². The van der Waals surface area contributed by atoms with Crippen LogP contribution in [0.25, 0.3) is 22.0 Å². The van der Waals surface area contributed by atoms with Gasteiger partial charge in [0.05, 0.1) is 35.1 Å². The van der Waals surface area contributed by atoms with Crippen molar-refractivity contribution in [1.82, 2.24) is 20.1 Å². The highest BCUT2D eigenvalue weighted by atomic mass is 35.5. The molecule has 1 aromatic heterocycles. The Morgan fingerprint density at radius 2 is 1.68 bits per heavy atom. The van der Waals surface area contributed by atoms with Crippen LogP contribution < -0.4 is 26.2 Å². The molecule has 0 saturated carbocycles. The number of para-hydroxylation sites is 1. The number of hydrogen-bond donors (Lipinski definition) is 6. The largest absolute Gasteiger partial charge is 0.506 e. The van der Waals surface area contributed by atoms with Gasteiger partial charge >= 0.3 is 6.09 Å². The van der Waals surface area contributed by atoms with Gasteiger partial charge in [-0.3, -0.25) is 19.7 Å². The van der Waals surface area contributed by atoms with E-state index in [1.807, 2.05) is 54.6 Å². The summed E-state index contributed by atoms with van der Waals surface area (Å²) in [6.07, 6.45) is 1.63. The minimum atomic E-state index is -0.944. The number of likely N-dealkylation sites (tertiary alicyclic amines) is 1. The van der Waals surface area contributed by atoms with Crippen molar-refractivity contribution in [3.05, 3.63) is 117 Å². The molecule has 6 N–H and O–H groups in total. The number of hydrogen-bond acceptors (Lipinski definition) is 10. The first-order valence-electron chi connectivity index (χ1n) is 20.5. The highest BCUT2D eigenvalue weighted by Crippen LogP contribution is 2.33. The zero-order valence-corrected chi connectivity index (χ0v) is 35.2. The second-order valence-electron chi connectivity index (χ2n) is 15.1. The van der Waals surface area contributed by atoms with E-state index in [-0.39, 0.29) is 55.1 Å². The van der Waals surface area contributed by atoms with Gasteiger partial charge in [-0.1, -0.05) is 73.6 Å². The third-order valence-electron chi connectivity index (χ3n) is 10.8. The van der Waals surface area contributed by atoms with Crippen molar-refractivity contribution in [2.24, 2.45) is 0 Å². The summed E-state index contributed by atoms with van der Waals surface area (Å²) in [7, 11) is 3.29. The summed E-state index contributed by atoms with van der Waals surface area (Å²) in [5, 5.41) is 30.9. The zero-order valence-electron chi connectivity index (χ0n) is 34.4. The van der Waals surface area contributed by atoms with E-state index in [0.29, 0.717) is 90.4 Å². The second kappa shape index (κ2) is 22.8. The molecule has 0 radical (unpaired) electrons. The molecule has 1 fully saturated rings. The molecule has 62 heavy (non-hydrogen) atoms. The standard InChI is InChI=1S/C46H53ClN6O8.CH4/c1-52(44(58)21-25-53-23-19-32(20-24-53)61-46(59)50-37-13-7-6-12-33(37)30-10-4-3-5-11-30)22-9-8-14-42(56)49-38-27-41(60-2)31(26-36(38)47)28-48-29-40(55)34-15-17-39(54)45-35(34)16-18-43(57)51-45;/h3-7,10-13,15-18,26-27,32,40,48,54-55H,8-9,14,19-25,28-29H2,1-2H3,(H,49,56)(H,50,59)(H,51,57);1H4/t40-;/m0./s1. The van der Waals surface area contributed by atoms with E-state index in [4.69, 9.17) is 21.1 Å². The molecule has 0 bridgehead atoms. The number of rotatable bonds is 18. The van der Waals surface area contributed by atoms with E-state index in [1.165, 1.54) is 19.2 Å². The van der Waals surface area contributed by atoms with Gasteiger partial charge in [0.2, 0.25) is 17.4 Å². The quantitative estimate of drug-likeness (QED) is 0.0477. The van der Waals surface area contributed by atoms with Crippen LogP contribution in [0, 0.1) is 0 Å². The van der Waals surface area contributed by atoms with Gasteiger partial charge in [0, 0.05) is 87.8 Å². The Morgan fingerprint density at radius 1 is 0.935 bits per heavy atom. The third kappa shape index (κ3) is 12.8. The first-order valence-corrected chi connectivity index (χ1v) is 20.8. The Hall–Kier alpha value is -5.93. The summed E-state index contributed by atoms with van der Waals surface area (Å²) >= 11 is 6.56. The Kier molecular flexibility index (Phi) is 17.3. The number of ether oxygens (including phenoxy) is 2. The fraction of sp³-hybridized carbons (Fsp3) is 0.362. The van der Waals surface area contributed by atoms with E-state index >= 15 is 0 Å². The topological polar surface area (TPSA) is 186 Å². The molecule has 5 aromatic rings. The van der Waals surface area contributed by atoms with Crippen molar-refractivity contribution in [2.45, 2.75) is 64.7 Å². The van der Waals surface area contributed by atoms with Gasteiger partial charge in [-0.05, 0) is 61.1 Å². The summed E-state index contributed by atoms with van der Waals surface area (Å²) in [6, 6.07) is 26.8. The van der Waals surface area contributed by atoms with Crippen LogP contribution in [0.3, 0.4) is 0 Å². The highest BCUT2D eigenvalue weighted by molar-refractivity contribution is 6.33. The number of aromatic amines is 1. The predicted octanol–water partition coefficient (Wildman–Crippen LogP) is 7.69. The van der Waals surface area contributed by atoms with Crippen molar-refractivity contribution in [3.63, 3.8) is 0 Å². The normalized spacial score (nSPS) is 13.5. The summed E-state index contributed by atoms with van der Waals surface area (Å²) in [5.41, 5.74) is 4.19. The Bertz CT molecular complexity index is 2350. The fourth-order valence-corrected chi connectivity index (χ4v) is 7.67. The number of fused-ring (bicyclic) bond motifs is 1. The Morgan fingerprint density at radius 3 is 2.44 bits per heavy atom. The molecule has 4 aromatic carbocycles. The first kappa shape index (κ1) is 47.1. The van der Waals surface area contributed by atoms with Crippen LogP contribution in [0.4, 0.5) is 16.2 Å². The maximum Gasteiger partial charge on any atom is 0.411 e. The average Bonchev–Trinajstić information content (AvgIpc) is 3.26. The van der Waals surface area contributed by atoms with E-state index < -0.39 is 12.2 Å². The zero-order chi connectivity index (χ0) is 43.3. The number of carbonyl (C=O) groups is 3. The number of aromatic nitrogens is 1. The van der Waals surface area contributed by atoms with Gasteiger partial charge in [-0.25, -0.2) is 4.79 Å². The van der Waals surface area contributed by atoms with Crippen LogP contribution in [0.1, 0.15) is 63.2 Å². The SMILES string of the molecule is C.COc1cc(NC(=O)CCCCN(C)C(=O)CCN2CCC(OC(=O)Nc3ccccc3-c3ccccc3)CC2)c(Cl)cc1CNC[C@H](O)c1ccc(O)c2[nH]c(=O)ccc12. The van der Waals surface area contributed by atoms with Crippen molar-refractivity contribution in [3.8, 4) is 22.6 Å². The summed E-state index contributed by atoms with van der Waals surface area (Å²) in [4.78, 5) is 56.8. The van der Waals surface area contributed by atoms with Crippen LogP contribution in [0.5, 0.6) is 11.5 Å². The van der Waals surface area contributed by atoms with Crippen LogP contribution in [0.2, 0.25) is 5.02 Å². The molecular weight excluding hydrogens is 812 g/mol. The van der Waals surface area contributed by atoms with Gasteiger partial charge in [-0.15, -0.1) is 0 Å². The third-order valence-corrected chi connectivity index (χ3v) is 11.1. The number of phenolic OH excluding ortho intramolecular Hbond substituents is 1. The molecule has 6 rings (SSSR count). The number of methoxy groups -OCH3 is 1. The van der Waals surface area contributed by atoms with Gasteiger partial charge in [0.15, 0.2) is 0 Å². The van der Waals surface area contributed by atoms with Crippen molar-refractivity contribution < 1.29 is 34.1 Å². The predicted molar refractivity (Wildman–Crippen MR) is 244 cm³/mol. The molecule has 0 spiro atoms. The lowest BCUT2D eigenvalue weighted by atomic mass is 10.0. The maximum atomic E-state index is 12.9. The monoisotopic (exact) mass is 868 g/mol. The molecule has 2 heterocycles. The highest BCUT2D eigenvalue weighted by Gasteiger charge is 2.24. The Labute approximate surface area is 367 Å². The van der Waals surface area contributed by atoms with Crippen LogP contribution >= 0.6 is 11.6 Å². The summed E-state index contributed by atoms with van der Waals surface area (Å²) in [6.45, 7) is 3.07. The van der Waals surface area contributed by atoms with Crippen molar-refractivity contribution in [2.75, 3.05) is 57.5 Å². The van der Waals surface area contributed by atoms with E-state index in [1.54, 1.807) is 36.2 Å². The first-order chi connectivity index (χ1) is 29.5. The lowest BCUT2D eigenvalue weighted by Gasteiger charge is -2.31. The molecule has 3 amide bonds. The van der Waals surface area contributed by atoms with Crippen LogP contribution in [-0.4, -0.2) is 95.9 Å². The minimum Gasteiger partial charge on any atom is -0.506 e. The van der Waals surface area contributed by atoms with Gasteiger partial charge in [0.25, 0.3) is 0 Å². The van der Waals surface area contributed by atoms with Gasteiger partial charge in [0.1, 0.15) is 17.6 Å². The number of aliphatic hydroxyl groups is 1. The molecule has 1 aliphatic rings. The number of aliphatic hydroxyl groups excluding tert-OH is 1. The lowest BCUT2D eigenvalue weighted by Crippen LogP contribution is -2.40. The number of anilines is 2. The van der Waals surface area contributed by atoms with Crippen molar-refractivity contribution in [1.29, 1.82) is 0 Å². The smallest absolute Gasteiger partial charge is 0.411 e. The lowest BCUT2D eigenvalue weighted by molar-refractivity contribution is -0.130. The van der Waals surface area contributed by atoms with E-state index in [2.05, 4.69) is 25.8 Å². The molecule has 1 aliphatic heterocycles. The number of carbonyl (C=O) groups excluding carboxylic acids is 3. The maximum absolute atomic E-state index is 12.9. The molecule has 0 unspecified atom stereocenters. The van der Waals surface area contributed by atoms with E-state index in [0.717, 1.165) is 24.2 Å². The number of phenols is 1. The fourth-order valence-electron chi connectivity index (χ4n) is 7.44. The number of benzene rings is 4. The molecule has 0 aliphatic carbocycles. The van der Waals surface area contributed by atoms with Crippen LogP contribution in [0.15, 0.2) is 95.8 Å². The molecule has 1 saturated heterocycles. The molecule has 15 heteroatoms. The molecular formula is C47H57ClN6O8. The number of piperidine rings is 1. The molecule has 330 valence electrons. The number of unbranched alkanes of at least 4 members (excludes halogenated alkanes) is 1. The summed E-state index contributed by atoms with van der Waals surface area (Å²) in [5.74, 6) is 0.235. The number of aromatic hydroxyl groups is 1. The van der Waals surface area contributed by atoms with Crippen LogP contribution in [-0.2, 0) is 20.9 Å².